The third-order valence-corrected chi connectivity index (χ3v) is 6.26. The number of hydrogen-bond acceptors (Lipinski definition) is 3. The van der Waals surface area contributed by atoms with Gasteiger partial charge in [0.1, 0.15) is 0 Å². The van der Waals surface area contributed by atoms with Crippen molar-refractivity contribution in [2.45, 2.75) is 32.4 Å². The normalized spacial score (nSPS) is 14.3. The summed E-state index contributed by atoms with van der Waals surface area (Å²) >= 11 is 0. The van der Waals surface area contributed by atoms with Crippen molar-refractivity contribution in [1.82, 2.24) is 14.7 Å². The fourth-order valence-corrected chi connectivity index (χ4v) is 4.24. The molecule has 0 unspecified atom stereocenters. The SMILES string of the molecule is C[C@H](C1CC1)N(Cc1ccccc1)C(=O)c1nn(-c2ccccc2)c(=O)c2ccccc12. The van der Waals surface area contributed by atoms with Crippen LogP contribution >= 0.6 is 0 Å². The van der Waals surface area contributed by atoms with Crippen molar-refractivity contribution in [3.8, 4) is 5.69 Å². The van der Waals surface area contributed by atoms with Crippen LogP contribution in [0.3, 0.4) is 0 Å². The van der Waals surface area contributed by atoms with E-state index >= 15 is 0 Å². The van der Waals surface area contributed by atoms with Crippen molar-refractivity contribution in [3.63, 3.8) is 0 Å². The van der Waals surface area contributed by atoms with Gasteiger partial charge in [-0.15, -0.1) is 0 Å². The Hall–Kier alpha value is -3.73. The van der Waals surface area contributed by atoms with Crippen LogP contribution in [0.15, 0.2) is 89.7 Å². The average molecular weight is 424 g/mol. The maximum Gasteiger partial charge on any atom is 0.279 e. The molecule has 0 aliphatic heterocycles. The van der Waals surface area contributed by atoms with Gasteiger partial charge >= 0.3 is 0 Å². The van der Waals surface area contributed by atoms with Crippen LogP contribution in [0.5, 0.6) is 0 Å². The number of para-hydroxylation sites is 1. The molecule has 0 radical (unpaired) electrons. The van der Waals surface area contributed by atoms with Crippen molar-refractivity contribution >= 4 is 16.7 Å². The fraction of sp³-hybridized carbons (Fsp3) is 0.222. The zero-order valence-corrected chi connectivity index (χ0v) is 18.0. The number of fused-ring (bicyclic) bond motifs is 1. The van der Waals surface area contributed by atoms with E-state index in [0.29, 0.717) is 34.6 Å². The van der Waals surface area contributed by atoms with Crippen LogP contribution < -0.4 is 5.56 Å². The second kappa shape index (κ2) is 8.42. The lowest BCUT2D eigenvalue weighted by Gasteiger charge is -2.30. The van der Waals surface area contributed by atoms with Gasteiger partial charge in [-0.1, -0.05) is 66.7 Å². The summed E-state index contributed by atoms with van der Waals surface area (Å²) in [6.45, 7) is 2.63. The minimum atomic E-state index is -0.229. The van der Waals surface area contributed by atoms with Crippen LogP contribution in [0.2, 0.25) is 0 Å². The highest BCUT2D eigenvalue weighted by Crippen LogP contribution is 2.36. The zero-order chi connectivity index (χ0) is 22.1. The maximum atomic E-state index is 14.0. The van der Waals surface area contributed by atoms with E-state index in [1.54, 1.807) is 6.07 Å². The Labute approximate surface area is 186 Å². The van der Waals surface area contributed by atoms with E-state index in [4.69, 9.17) is 0 Å². The molecule has 1 fully saturated rings. The molecule has 0 saturated heterocycles. The molecule has 1 saturated carbocycles. The molecule has 0 N–H and O–H groups in total. The van der Waals surface area contributed by atoms with Crippen molar-refractivity contribution in [2.24, 2.45) is 5.92 Å². The van der Waals surface area contributed by atoms with Crippen LogP contribution in [-0.4, -0.2) is 26.6 Å². The Morgan fingerprint density at radius 1 is 0.938 bits per heavy atom. The topological polar surface area (TPSA) is 55.2 Å². The number of hydrogen-bond donors (Lipinski definition) is 0. The summed E-state index contributed by atoms with van der Waals surface area (Å²) in [5.41, 5.74) is 1.80. The second-order valence-corrected chi connectivity index (χ2v) is 8.44. The fourth-order valence-electron chi connectivity index (χ4n) is 4.24. The van der Waals surface area contributed by atoms with E-state index in [9.17, 15) is 9.59 Å². The highest BCUT2D eigenvalue weighted by atomic mass is 16.2. The van der Waals surface area contributed by atoms with Gasteiger partial charge in [-0.25, -0.2) is 0 Å². The first kappa shape index (κ1) is 20.2. The molecule has 1 atom stereocenters. The van der Waals surface area contributed by atoms with Crippen LogP contribution in [0.1, 0.15) is 35.8 Å². The van der Waals surface area contributed by atoms with Crippen molar-refractivity contribution < 1.29 is 4.79 Å². The van der Waals surface area contributed by atoms with Gasteiger partial charge in [-0.05, 0) is 49.4 Å². The Morgan fingerprint density at radius 2 is 1.53 bits per heavy atom. The summed E-state index contributed by atoms with van der Waals surface area (Å²) in [7, 11) is 0. The van der Waals surface area contributed by atoms with Gasteiger partial charge < -0.3 is 4.90 Å². The molecule has 160 valence electrons. The first-order valence-corrected chi connectivity index (χ1v) is 11.1. The molecule has 0 bridgehead atoms. The van der Waals surface area contributed by atoms with Gasteiger partial charge in [-0.3, -0.25) is 9.59 Å². The molecule has 1 aliphatic rings. The number of carbonyl (C=O) groups is 1. The average Bonchev–Trinajstić information content (AvgIpc) is 3.69. The highest BCUT2D eigenvalue weighted by molar-refractivity contribution is 6.05. The molecule has 32 heavy (non-hydrogen) atoms. The van der Waals surface area contributed by atoms with E-state index in [1.165, 1.54) is 4.68 Å². The van der Waals surface area contributed by atoms with E-state index in [1.807, 2.05) is 83.8 Å². The molecule has 4 aromatic rings. The molecule has 1 heterocycles. The standard InChI is InChI=1S/C27H25N3O2/c1-19(21-16-17-21)29(18-20-10-4-2-5-11-20)27(32)25-23-14-8-9-15-24(23)26(31)30(28-25)22-12-6-3-7-13-22/h2-15,19,21H,16-18H2,1H3/t19-/m1/s1. The van der Waals surface area contributed by atoms with Crippen molar-refractivity contribution in [2.75, 3.05) is 0 Å². The summed E-state index contributed by atoms with van der Waals surface area (Å²) in [6.07, 6.45) is 2.27. The Balaban J connectivity index is 1.65. The summed E-state index contributed by atoms with van der Waals surface area (Å²) in [5, 5.41) is 5.70. The lowest BCUT2D eigenvalue weighted by Crippen LogP contribution is -2.40. The zero-order valence-electron chi connectivity index (χ0n) is 18.0. The van der Waals surface area contributed by atoms with Gasteiger partial charge in [0.25, 0.3) is 11.5 Å². The summed E-state index contributed by atoms with van der Waals surface area (Å²) in [6, 6.07) is 26.6. The van der Waals surface area contributed by atoms with Gasteiger partial charge in [0.05, 0.1) is 11.1 Å². The van der Waals surface area contributed by atoms with Gasteiger partial charge in [0.2, 0.25) is 0 Å². The molecule has 5 rings (SSSR count). The summed E-state index contributed by atoms with van der Waals surface area (Å²) in [5.74, 6) is 0.364. The Morgan fingerprint density at radius 3 is 2.19 bits per heavy atom. The lowest BCUT2D eigenvalue weighted by atomic mass is 10.1. The Kier molecular flexibility index (Phi) is 5.31. The van der Waals surface area contributed by atoms with Crippen LogP contribution in [0, 0.1) is 5.92 Å². The molecule has 5 heteroatoms. The van der Waals surface area contributed by atoms with E-state index in [-0.39, 0.29) is 17.5 Å². The summed E-state index contributed by atoms with van der Waals surface area (Å²) < 4.78 is 1.35. The number of amides is 1. The lowest BCUT2D eigenvalue weighted by molar-refractivity contribution is 0.0648. The number of nitrogens with zero attached hydrogens (tertiary/aromatic N) is 3. The van der Waals surface area contributed by atoms with Gasteiger partial charge in [-0.2, -0.15) is 9.78 Å². The highest BCUT2D eigenvalue weighted by Gasteiger charge is 2.36. The van der Waals surface area contributed by atoms with E-state index in [2.05, 4.69) is 12.0 Å². The molecular weight excluding hydrogens is 398 g/mol. The molecule has 1 amide bonds. The third kappa shape index (κ3) is 3.82. The smallest absolute Gasteiger partial charge is 0.279 e. The van der Waals surface area contributed by atoms with E-state index < -0.39 is 0 Å². The molecule has 1 aliphatic carbocycles. The van der Waals surface area contributed by atoms with Crippen molar-refractivity contribution in [1.29, 1.82) is 0 Å². The van der Waals surface area contributed by atoms with Crippen LogP contribution in [-0.2, 0) is 6.54 Å². The monoisotopic (exact) mass is 423 g/mol. The quantitative estimate of drug-likeness (QED) is 0.446. The molecular formula is C27H25N3O2. The predicted octanol–water partition coefficient (Wildman–Crippen LogP) is 4.83. The number of rotatable bonds is 6. The van der Waals surface area contributed by atoms with Gasteiger partial charge in [0, 0.05) is 18.0 Å². The number of benzene rings is 3. The Bertz CT molecular complexity index is 1310. The van der Waals surface area contributed by atoms with Crippen LogP contribution in [0.4, 0.5) is 0 Å². The minimum absolute atomic E-state index is 0.0976. The molecule has 1 aromatic heterocycles. The summed E-state index contributed by atoms with van der Waals surface area (Å²) in [4.78, 5) is 29.1. The first-order chi connectivity index (χ1) is 15.6. The van der Waals surface area contributed by atoms with Gasteiger partial charge in [0.15, 0.2) is 5.69 Å². The number of carbonyl (C=O) groups excluding carboxylic acids is 1. The third-order valence-electron chi connectivity index (χ3n) is 6.26. The first-order valence-electron chi connectivity index (χ1n) is 11.1. The molecule has 0 spiro atoms. The van der Waals surface area contributed by atoms with Crippen LogP contribution in [0.25, 0.3) is 16.5 Å². The maximum absolute atomic E-state index is 14.0. The number of aromatic nitrogens is 2. The molecule has 5 nitrogen and oxygen atoms in total. The minimum Gasteiger partial charge on any atom is -0.330 e. The predicted molar refractivity (Wildman–Crippen MR) is 126 cm³/mol. The van der Waals surface area contributed by atoms with E-state index in [0.717, 1.165) is 18.4 Å². The largest absolute Gasteiger partial charge is 0.330 e. The second-order valence-electron chi connectivity index (χ2n) is 8.44. The van der Waals surface area contributed by atoms with Crippen molar-refractivity contribution in [3.05, 3.63) is 107 Å². The molecule has 3 aromatic carbocycles.